The van der Waals surface area contributed by atoms with Gasteiger partial charge in [-0.3, -0.25) is 0 Å². The maximum absolute atomic E-state index is 11.0. The molecule has 0 amide bonds. The fourth-order valence-corrected chi connectivity index (χ4v) is 3.97. The Morgan fingerprint density at radius 2 is 2.29 bits per heavy atom. The van der Waals surface area contributed by atoms with Gasteiger partial charge in [0, 0.05) is 6.42 Å². The summed E-state index contributed by atoms with van der Waals surface area (Å²) in [5, 5.41) is 20.6. The molecule has 0 radical (unpaired) electrons. The number of aliphatic hydroxyl groups is 1. The normalized spacial score (nSPS) is 40.0. The molecule has 1 N–H and O–H groups in total. The summed E-state index contributed by atoms with van der Waals surface area (Å²) in [5.41, 5.74) is 0.513. The Balaban J connectivity index is 1.85. The van der Waals surface area contributed by atoms with E-state index in [0.717, 1.165) is 11.0 Å². The number of para-hydroxylation sites is 2. The minimum atomic E-state index is -1.32. The summed E-state index contributed by atoms with van der Waals surface area (Å²) in [6.45, 7) is 0.446. The third-order valence-corrected chi connectivity index (χ3v) is 4.93. The molecule has 4 heterocycles. The molecular weight excluding hydrogens is 270 g/mol. The van der Waals surface area contributed by atoms with E-state index < -0.39 is 17.8 Å². The molecule has 0 spiro atoms. The van der Waals surface area contributed by atoms with Gasteiger partial charge in [0.1, 0.15) is 23.4 Å². The molecule has 0 aliphatic carbocycles. The predicted octanol–water partition coefficient (Wildman–Crippen LogP) is 1.07. The van der Waals surface area contributed by atoms with Gasteiger partial charge in [-0.15, -0.1) is 0 Å². The van der Waals surface area contributed by atoms with Gasteiger partial charge in [-0.25, -0.2) is 4.98 Å². The van der Waals surface area contributed by atoms with Crippen molar-refractivity contribution in [1.29, 1.82) is 5.26 Å². The number of hydrogen-bond donors (Lipinski definition) is 1. The van der Waals surface area contributed by atoms with Crippen LogP contribution in [0, 0.1) is 11.3 Å². The average molecular weight is 283 g/mol. The molecule has 3 aliphatic heterocycles. The highest BCUT2D eigenvalue weighted by Gasteiger charge is 2.62. The second-order valence-corrected chi connectivity index (χ2v) is 5.99. The number of fused-ring (bicyclic) bond motifs is 10. The third kappa shape index (κ3) is 1.25. The molecule has 2 saturated heterocycles. The number of nitrogens with zero attached hydrogens (tertiary/aromatic N) is 3. The van der Waals surface area contributed by atoms with E-state index in [0.29, 0.717) is 18.9 Å². The summed E-state index contributed by atoms with van der Waals surface area (Å²) in [5.74, 6) is -0.119. The summed E-state index contributed by atoms with van der Waals surface area (Å²) in [6.07, 6.45) is -0.350. The summed E-state index contributed by atoms with van der Waals surface area (Å²) in [4.78, 5) is 4.60. The van der Waals surface area contributed by atoms with Crippen LogP contribution in [0.1, 0.15) is 24.2 Å². The lowest BCUT2D eigenvalue weighted by atomic mass is 9.76. The summed E-state index contributed by atoms with van der Waals surface area (Å²) < 4.78 is 13.4. The summed E-state index contributed by atoms with van der Waals surface area (Å²) in [6, 6.07) is 9.97. The standard InChI is InChI=1S/C15H13N3O3/c16-6-8-13-17-9-3-1-2-4-10(9)18(13)11-5-15(8,19)14-20-7-12(11)21-14/h1-4,8,11-12,14,19H,5,7H2/t8?,11-,12+,14+,15-/m1/s1. The van der Waals surface area contributed by atoms with Crippen LogP contribution < -0.4 is 0 Å². The molecule has 6 heteroatoms. The Labute approximate surface area is 120 Å². The fraction of sp³-hybridized carbons (Fsp3) is 0.467. The van der Waals surface area contributed by atoms with Gasteiger partial charge in [-0.2, -0.15) is 5.26 Å². The van der Waals surface area contributed by atoms with Crippen LogP contribution in [0.5, 0.6) is 0 Å². The molecule has 1 aromatic heterocycles. The number of benzene rings is 1. The highest BCUT2D eigenvalue weighted by Crippen LogP contribution is 2.52. The largest absolute Gasteiger partial charge is 0.383 e. The topological polar surface area (TPSA) is 80.3 Å². The lowest BCUT2D eigenvalue weighted by molar-refractivity contribution is -0.234. The molecule has 4 bridgehead atoms. The van der Waals surface area contributed by atoms with Gasteiger partial charge in [0.15, 0.2) is 6.29 Å². The fourth-order valence-electron chi connectivity index (χ4n) is 3.97. The van der Waals surface area contributed by atoms with Gasteiger partial charge in [-0.1, -0.05) is 12.1 Å². The highest BCUT2D eigenvalue weighted by atomic mass is 16.7. The van der Waals surface area contributed by atoms with E-state index in [2.05, 4.69) is 15.6 Å². The second-order valence-electron chi connectivity index (χ2n) is 5.99. The zero-order chi connectivity index (χ0) is 14.2. The number of ether oxygens (including phenoxy) is 2. The molecule has 6 nitrogen and oxygen atoms in total. The van der Waals surface area contributed by atoms with Crippen molar-refractivity contribution in [3.63, 3.8) is 0 Å². The molecule has 5 rings (SSSR count). The van der Waals surface area contributed by atoms with Gasteiger partial charge >= 0.3 is 0 Å². The Morgan fingerprint density at radius 3 is 3.14 bits per heavy atom. The van der Waals surface area contributed by atoms with Crippen molar-refractivity contribution in [1.82, 2.24) is 9.55 Å². The molecule has 2 aromatic rings. The first kappa shape index (κ1) is 11.7. The Hall–Kier alpha value is -1.94. The minimum absolute atomic E-state index is 0.0410. The second kappa shape index (κ2) is 3.63. The number of hydrogen-bond acceptors (Lipinski definition) is 5. The Kier molecular flexibility index (Phi) is 2.02. The first-order chi connectivity index (χ1) is 10.2. The maximum Gasteiger partial charge on any atom is 0.188 e. The summed E-state index contributed by atoms with van der Waals surface area (Å²) >= 11 is 0. The zero-order valence-corrected chi connectivity index (χ0v) is 11.1. The van der Waals surface area contributed by atoms with Gasteiger partial charge in [0.2, 0.25) is 0 Å². The van der Waals surface area contributed by atoms with Crippen molar-refractivity contribution in [2.45, 2.75) is 36.4 Å². The van der Waals surface area contributed by atoms with Crippen molar-refractivity contribution in [3.8, 4) is 6.07 Å². The van der Waals surface area contributed by atoms with Crippen LogP contribution in [-0.2, 0) is 9.47 Å². The van der Waals surface area contributed by atoms with Crippen molar-refractivity contribution in [2.24, 2.45) is 0 Å². The Bertz CT molecular complexity index is 795. The molecule has 0 saturated carbocycles. The van der Waals surface area contributed by atoms with Gasteiger partial charge in [-0.05, 0) is 12.1 Å². The molecule has 21 heavy (non-hydrogen) atoms. The molecule has 2 fully saturated rings. The van der Waals surface area contributed by atoms with E-state index in [4.69, 9.17) is 9.47 Å². The van der Waals surface area contributed by atoms with E-state index in [1.54, 1.807) is 0 Å². The molecule has 5 atom stereocenters. The first-order valence-electron chi connectivity index (χ1n) is 7.08. The lowest BCUT2D eigenvalue weighted by Gasteiger charge is -2.47. The monoisotopic (exact) mass is 283 g/mol. The molecule has 106 valence electrons. The maximum atomic E-state index is 11.0. The van der Waals surface area contributed by atoms with E-state index in [1.165, 1.54) is 0 Å². The van der Waals surface area contributed by atoms with Crippen LogP contribution in [0.3, 0.4) is 0 Å². The number of nitriles is 1. The minimum Gasteiger partial charge on any atom is -0.383 e. The lowest BCUT2D eigenvalue weighted by Crippen LogP contribution is -2.57. The summed E-state index contributed by atoms with van der Waals surface area (Å²) in [7, 11) is 0. The van der Waals surface area contributed by atoms with Crippen LogP contribution in [0.15, 0.2) is 24.3 Å². The predicted molar refractivity (Wildman–Crippen MR) is 71.3 cm³/mol. The van der Waals surface area contributed by atoms with E-state index in [-0.39, 0.29) is 12.1 Å². The van der Waals surface area contributed by atoms with Crippen LogP contribution in [0.25, 0.3) is 11.0 Å². The van der Waals surface area contributed by atoms with Crippen molar-refractivity contribution < 1.29 is 14.6 Å². The van der Waals surface area contributed by atoms with Crippen molar-refractivity contribution >= 4 is 11.0 Å². The van der Waals surface area contributed by atoms with Gasteiger partial charge in [0.25, 0.3) is 0 Å². The third-order valence-electron chi connectivity index (χ3n) is 4.93. The van der Waals surface area contributed by atoms with Crippen LogP contribution in [-0.4, -0.2) is 39.3 Å². The van der Waals surface area contributed by atoms with Crippen molar-refractivity contribution in [3.05, 3.63) is 30.1 Å². The average Bonchev–Trinajstić information content (AvgIpc) is 3.09. The molecular formula is C15H13N3O3. The van der Waals surface area contributed by atoms with Gasteiger partial charge < -0.3 is 19.1 Å². The highest BCUT2D eigenvalue weighted by molar-refractivity contribution is 5.76. The van der Waals surface area contributed by atoms with Crippen LogP contribution >= 0.6 is 0 Å². The SMILES string of the molecule is N#CC1c2nc3ccccc3n2[C@@H]2C[C@]1(O)[C@H]1OC[C@@H]2O1. The van der Waals surface area contributed by atoms with Crippen molar-refractivity contribution in [2.75, 3.05) is 6.61 Å². The zero-order valence-electron chi connectivity index (χ0n) is 11.1. The molecule has 3 aliphatic rings. The first-order valence-corrected chi connectivity index (χ1v) is 7.08. The molecule has 1 unspecified atom stereocenters. The van der Waals surface area contributed by atoms with Crippen LogP contribution in [0.4, 0.5) is 0 Å². The van der Waals surface area contributed by atoms with Gasteiger partial charge in [0.05, 0.1) is 29.8 Å². The van der Waals surface area contributed by atoms with Crippen LogP contribution in [0.2, 0.25) is 0 Å². The quantitative estimate of drug-likeness (QED) is 0.782. The van der Waals surface area contributed by atoms with E-state index in [9.17, 15) is 10.4 Å². The number of rotatable bonds is 0. The molecule has 1 aromatic carbocycles. The van der Waals surface area contributed by atoms with E-state index in [1.807, 2.05) is 24.3 Å². The number of aromatic nitrogens is 2. The number of imidazole rings is 1. The Morgan fingerprint density at radius 1 is 1.43 bits per heavy atom. The van der Waals surface area contributed by atoms with E-state index >= 15 is 0 Å². The smallest absolute Gasteiger partial charge is 0.188 e.